The average Bonchev–Trinajstić information content (AvgIpc) is 2.72. The van der Waals surface area contributed by atoms with Crippen molar-refractivity contribution in [3.63, 3.8) is 0 Å². The minimum absolute atomic E-state index is 0.775. The number of hydrogen-bond donors (Lipinski definition) is 0. The quantitative estimate of drug-likeness (QED) is 0.430. The lowest BCUT2D eigenvalue weighted by Crippen LogP contribution is -2.03. The predicted molar refractivity (Wildman–Crippen MR) is 92.4 cm³/mol. The van der Waals surface area contributed by atoms with Crippen LogP contribution in [0.2, 0.25) is 0 Å². The topological polar surface area (TPSA) is 21.6 Å². The van der Waals surface area contributed by atoms with Crippen LogP contribution in [0.5, 0.6) is 11.5 Å². The second kappa shape index (κ2) is 5.43. The van der Waals surface area contributed by atoms with E-state index in [4.69, 9.17) is 9.73 Å². The average molecular weight is 350 g/mol. The normalized spacial score (nSPS) is 12.5. The summed E-state index contributed by atoms with van der Waals surface area (Å²) in [6.45, 7) is 0. The fourth-order valence-corrected chi connectivity index (χ4v) is 2.89. The Morgan fingerprint density at radius 1 is 0.773 bits per heavy atom. The Kier molecular flexibility index (Phi) is 3.28. The highest BCUT2D eigenvalue weighted by atomic mass is 79.9. The zero-order chi connectivity index (χ0) is 14.9. The van der Waals surface area contributed by atoms with Crippen molar-refractivity contribution < 1.29 is 4.74 Å². The first kappa shape index (κ1) is 13.3. The van der Waals surface area contributed by atoms with Crippen LogP contribution in [0, 0.1) is 0 Å². The highest BCUT2D eigenvalue weighted by Crippen LogP contribution is 2.39. The first-order valence-corrected chi connectivity index (χ1v) is 7.81. The third-order valence-electron chi connectivity index (χ3n) is 3.56. The zero-order valence-electron chi connectivity index (χ0n) is 11.7. The molecule has 22 heavy (non-hydrogen) atoms. The van der Waals surface area contributed by atoms with Gasteiger partial charge in [0.05, 0.1) is 5.71 Å². The molecule has 0 fully saturated rings. The summed E-state index contributed by atoms with van der Waals surface area (Å²) in [7, 11) is 0. The van der Waals surface area contributed by atoms with E-state index in [9.17, 15) is 0 Å². The van der Waals surface area contributed by atoms with E-state index in [1.54, 1.807) is 0 Å². The molecule has 3 aromatic carbocycles. The summed E-state index contributed by atoms with van der Waals surface area (Å²) >= 11 is 3.54. The Hall–Kier alpha value is -2.39. The molecule has 0 aromatic heterocycles. The number of ether oxygens (including phenoxy) is 1. The van der Waals surface area contributed by atoms with Gasteiger partial charge in [-0.25, -0.2) is 4.99 Å². The highest BCUT2D eigenvalue weighted by molar-refractivity contribution is 9.10. The molecule has 0 saturated carbocycles. The number of halogens is 1. The molecule has 0 unspecified atom stereocenters. The minimum atomic E-state index is 0.775. The SMILES string of the molecule is Brc1ccc2c(c1)C(c1ccccc1)=Nc1ccccc1O2. The van der Waals surface area contributed by atoms with Crippen molar-refractivity contribution in [3.8, 4) is 11.5 Å². The molecule has 0 radical (unpaired) electrons. The van der Waals surface area contributed by atoms with E-state index in [0.29, 0.717) is 0 Å². The van der Waals surface area contributed by atoms with Crippen LogP contribution in [-0.2, 0) is 0 Å². The van der Waals surface area contributed by atoms with Crippen LogP contribution >= 0.6 is 15.9 Å². The van der Waals surface area contributed by atoms with E-state index in [2.05, 4.69) is 28.1 Å². The van der Waals surface area contributed by atoms with E-state index >= 15 is 0 Å². The number of aliphatic imine (C=N–C) groups is 1. The van der Waals surface area contributed by atoms with Gasteiger partial charge in [-0.15, -0.1) is 0 Å². The summed E-state index contributed by atoms with van der Waals surface area (Å²) in [6, 6.07) is 24.0. The Bertz CT molecular complexity index is 872. The van der Waals surface area contributed by atoms with Crippen molar-refractivity contribution in [2.24, 2.45) is 4.99 Å². The van der Waals surface area contributed by atoms with Gasteiger partial charge < -0.3 is 4.74 Å². The molecule has 1 aliphatic rings. The van der Waals surface area contributed by atoms with E-state index in [-0.39, 0.29) is 0 Å². The zero-order valence-corrected chi connectivity index (χ0v) is 13.2. The number of hydrogen-bond acceptors (Lipinski definition) is 2. The third kappa shape index (κ3) is 2.34. The van der Waals surface area contributed by atoms with Gasteiger partial charge in [-0.2, -0.15) is 0 Å². The number of benzene rings is 3. The van der Waals surface area contributed by atoms with Gasteiger partial charge in [0.15, 0.2) is 5.75 Å². The molecular formula is C19H12BrNO. The number of para-hydroxylation sites is 2. The number of fused-ring (bicyclic) bond motifs is 2. The van der Waals surface area contributed by atoms with Crippen molar-refractivity contribution in [1.82, 2.24) is 0 Å². The lowest BCUT2D eigenvalue weighted by molar-refractivity contribution is 0.484. The Morgan fingerprint density at radius 2 is 1.55 bits per heavy atom. The molecule has 0 bridgehead atoms. The van der Waals surface area contributed by atoms with Crippen LogP contribution in [0.25, 0.3) is 0 Å². The van der Waals surface area contributed by atoms with Crippen LogP contribution in [0.1, 0.15) is 11.1 Å². The van der Waals surface area contributed by atoms with E-state index in [1.165, 1.54) is 0 Å². The number of nitrogens with zero attached hydrogens (tertiary/aromatic N) is 1. The standard InChI is InChI=1S/C19H12BrNO/c20-14-10-11-17-15(12-14)19(13-6-2-1-3-7-13)21-16-8-4-5-9-18(16)22-17/h1-12H. The first-order chi connectivity index (χ1) is 10.8. The fourth-order valence-electron chi connectivity index (χ4n) is 2.53. The van der Waals surface area contributed by atoms with Crippen LogP contribution in [0.15, 0.2) is 82.3 Å². The van der Waals surface area contributed by atoms with E-state index in [0.717, 1.165) is 38.5 Å². The molecule has 0 amide bonds. The maximum absolute atomic E-state index is 6.07. The fraction of sp³-hybridized carbons (Fsp3) is 0. The summed E-state index contributed by atoms with van der Waals surface area (Å²) in [6.07, 6.45) is 0. The number of rotatable bonds is 1. The molecule has 3 heteroatoms. The van der Waals surface area contributed by atoms with Gasteiger partial charge in [0, 0.05) is 15.6 Å². The van der Waals surface area contributed by atoms with Gasteiger partial charge in [-0.1, -0.05) is 58.4 Å². The monoisotopic (exact) mass is 349 g/mol. The van der Waals surface area contributed by atoms with Crippen LogP contribution in [0.3, 0.4) is 0 Å². The predicted octanol–water partition coefficient (Wildman–Crippen LogP) is 5.72. The maximum Gasteiger partial charge on any atom is 0.153 e. The van der Waals surface area contributed by atoms with Crippen LogP contribution < -0.4 is 4.74 Å². The van der Waals surface area contributed by atoms with Gasteiger partial charge >= 0.3 is 0 Å². The highest BCUT2D eigenvalue weighted by Gasteiger charge is 2.19. The molecule has 3 aromatic rings. The largest absolute Gasteiger partial charge is 0.454 e. The molecule has 1 aliphatic heterocycles. The van der Waals surface area contributed by atoms with Crippen LogP contribution in [-0.4, -0.2) is 5.71 Å². The van der Waals surface area contributed by atoms with Crippen molar-refractivity contribution >= 4 is 27.3 Å². The molecular weight excluding hydrogens is 338 g/mol. The molecule has 1 heterocycles. The second-order valence-corrected chi connectivity index (χ2v) is 5.95. The molecule has 106 valence electrons. The Morgan fingerprint density at radius 3 is 2.41 bits per heavy atom. The second-order valence-electron chi connectivity index (χ2n) is 5.04. The van der Waals surface area contributed by atoms with Gasteiger partial charge in [-0.05, 0) is 30.3 Å². The summed E-state index contributed by atoms with van der Waals surface area (Å²) in [5.74, 6) is 1.59. The van der Waals surface area contributed by atoms with E-state index in [1.807, 2.05) is 60.7 Å². The maximum atomic E-state index is 6.07. The molecule has 0 N–H and O–H groups in total. The van der Waals surface area contributed by atoms with Crippen molar-refractivity contribution in [1.29, 1.82) is 0 Å². The Labute approximate surface area is 137 Å². The first-order valence-electron chi connectivity index (χ1n) is 7.02. The van der Waals surface area contributed by atoms with Crippen LogP contribution in [0.4, 0.5) is 5.69 Å². The molecule has 0 aliphatic carbocycles. The lowest BCUT2D eigenvalue weighted by Gasteiger charge is -2.10. The van der Waals surface area contributed by atoms with Gasteiger partial charge in [0.25, 0.3) is 0 Å². The van der Waals surface area contributed by atoms with Crippen molar-refractivity contribution in [3.05, 3.63) is 88.4 Å². The van der Waals surface area contributed by atoms with Gasteiger partial charge in [0.2, 0.25) is 0 Å². The summed E-state index contributed by atoms with van der Waals surface area (Å²) in [5, 5.41) is 0. The molecule has 0 spiro atoms. The van der Waals surface area contributed by atoms with Gasteiger partial charge in [0.1, 0.15) is 11.4 Å². The third-order valence-corrected chi connectivity index (χ3v) is 4.05. The van der Waals surface area contributed by atoms with Gasteiger partial charge in [-0.3, -0.25) is 0 Å². The molecule has 4 rings (SSSR count). The summed E-state index contributed by atoms with van der Waals surface area (Å²) < 4.78 is 7.08. The Balaban J connectivity index is 2.01. The molecule has 2 nitrogen and oxygen atoms in total. The lowest BCUT2D eigenvalue weighted by atomic mass is 10.0. The van der Waals surface area contributed by atoms with E-state index < -0.39 is 0 Å². The summed E-state index contributed by atoms with van der Waals surface area (Å²) in [4.78, 5) is 4.86. The molecule has 0 saturated heterocycles. The molecule has 0 atom stereocenters. The summed E-state index contributed by atoms with van der Waals surface area (Å²) in [5.41, 5.74) is 3.81. The minimum Gasteiger partial charge on any atom is -0.454 e. The smallest absolute Gasteiger partial charge is 0.153 e. The van der Waals surface area contributed by atoms with Crippen molar-refractivity contribution in [2.75, 3.05) is 0 Å². The van der Waals surface area contributed by atoms with Crippen molar-refractivity contribution in [2.45, 2.75) is 0 Å².